The van der Waals surface area contributed by atoms with Gasteiger partial charge in [-0.15, -0.1) is 0 Å². The average Bonchev–Trinajstić information content (AvgIpc) is 2.55. The van der Waals surface area contributed by atoms with Crippen molar-refractivity contribution < 1.29 is 9.59 Å². The first kappa shape index (κ1) is 17.3. The Morgan fingerprint density at radius 1 is 1.13 bits per heavy atom. The van der Waals surface area contributed by atoms with E-state index in [2.05, 4.69) is 5.32 Å². The highest BCUT2D eigenvalue weighted by Gasteiger charge is 2.25. The Morgan fingerprint density at radius 3 is 2.17 bits per heavy atom. The van der Waals surface area contributed by atoms with Crippen LogP contribution in [0.25, 0.3) is 0 Å². The molecule has 23 heavy (non-hydrogen) atoms. The zero-order valence-corrected chi connectivity index (χ0v) is 14.5. The van der Waals surface area contributed by atoms with Gasteiger partial charge in [0.1, 0.15) is 0 Å². The highest BCUT2D eigenvalue weighted by molar-refractivity contribution is 5.94. The number of anilines is 1. The summed E-state index contributed by atoms with van der Waals surface area (Å²) >= 11 is 0. The molecule has 2 amide bonds. The smallest absolute Gasteiger partial charge is 0.253 e. The van der Waals surface area contributed by atoms with Gasteiger partial charge in [0.25, 0.3) is 5.91 Å². The summed E-state index contributed by atoms with van der Waals surface area (Å²) in [6, 6.07) is 7.87. The Bertz CT molecular complexity index is 544. The number of rotatable bonds is 4. The first-order chi connectivity index (χ1) is 10.9. The van der Waals surface area contributed by atoms with Crippen molar-refractivity contribution in [2.75, 3.05) is 32.1 Å². The number of hydrogen-bond donors (Lipinski definition) is 1. The van der Waals surface area contributed by atoms with Crippen molar-refractivity contribution in [1.82, 2.24) is 10.2 Å². The van der Waals surface area contributed by atoms with Crippen molar-refractivity contribution in [2.45, 2.75) is 32.7 Å². The maximum atomic E-state index is 12.5. The SMILES string of the molecule is CC(C)C(=O)NC1CCN(C(=O)c2ccc(N(C)C)cc2)CC1. The summed E-state index contributed by atoms with van der Waals surface area (Å²) in [7, 11) is 3.96. The molecular formula is C18H27N3O2. The Hall–Kier alpha value is -2.04. The van der Waals surface area contributed by atoms with E-state index in [4.69, 9.17) is 0 Å². The second kappa shape index (κ2) is 7.49. The number of amides is 2. The minimum absolute atomic E-state index is 0.00451. The molecule has 1 fully saturated rings. The molecule has 0 atom stereocenters. The Morgan fingerprint density at radius 2 is 1.70 bits per heavy atom. The van der Waals surface area contributed by atoms with Crippen molar-refractivity contribution in [3.63, 3.8) is 0 Å². The standard InChI is InChI=1S/C18H27N3O2/c1-13(2)17(22)19-15-9-11-21(12-10-15)18(23)14-5-7-16(8-6-14)20(3)4/h5-8,13,15H,9-12H2,1-4H3,(H,19,22). The molecule has 0 aromatic heterocycles. The summed E-state index contributed by atoms with van der Waals surface area (Å²) in [4.78, 5) is 28.2. The van der Waals surface area contributed by atoms with Gasteiger partial charge in [-0.3, -0.25) is 9.59 Å². The maximum Gasteiger partial charge on any atom is 0.253 e. The predicted octanol–water partition coefficient (Wildman–Crippen LogP) is 2.13. The molecule has 5 nitrogen and oxygen atoms in total. The molecule has 126 valence electrons. The largest absolute Gasteiger partial charge is 0.378 e. The van der Waals surface area contributed by atoms with E-state index in [1.807, 2.05) is 62.0 Å². The predicted molar refractivity (Wildman–Crippen MR) is 92.7 cm³/mol. The number of likely N-dealkylation sites (tertiary alicyclic amines) is 1. The molecule has 0 bridgehead atoms. The third-order valence-corrected chi connectivity index (χ3v) is 4.28. The summed E-state index contributed by atoms with van der Waals surface area (Å²) in [5.41, 5.74) is 1.80. The number of nitrogens with one attached hydrogen (secondary N) is 1. The molecule has 1 saturated heterocycles. The van der Waals surface area contributed by atoms with Gasteiger partial charge in [0.2, 0.25) is 5.91 Å². The molecule has 5 heteroatoms. The lowest BCUT2D eigenvalue weighted by molar-refractivity contribution is -0.124. The van der Waals surface area contributed by atoms with Gasteiger partial charge in [0.15, 0.2) is 0 Å². The normalized spacial score (nSPS) is 15.6. The van der Waals surface area contributed by atoms with Crippen LogP contribution in [0.4, 0.5) is 5.69 Å². The van der Waals surface area contributed by atoms with Crippen molar-refractivity contribution in [2.24, 2.45) is 5.92 Å². The van der Waals surface area contributed by atoms with Gasteiger partial charge in [-0.2, -0.15) is 0 Å². The lowest BCUT2D eigenvalue weighted by Gasteiger charge is -2.32. The van der Waals surface area contributed by atoms with Gasteiger partial charge >= 0.3 is 0 Å². The number of hydrogen-bond acceptors (Lipinski definition) is 3. The summed E-state index contributed by atoms with van der Waals surface area (Å²) in [5.74, 6) is 0.169. The van der Waals surface area contributed by atoms with E-state index < -0.39 is 0 Å². The molecule has 0 saturated carbocycles. The Labute approximate surface area is 138 Å². The van der Waals surface area contributed by atoms with Gasteiger partial charge in [-0.25, -0.2) is 0 Å². The van der Waals surface area contributed by atoms with Gasteiger partial charge in [-0.1, -0.05) is 13.8 Å². The molecule has 0 unspecified atom stereocenters. The van der Waals surface area contributed by atoms with Crippen LogP contribution in [-0.4, -0.2) is 49.9 Å². The number of benzene rings is 1. The van der Waals surface area contributed by atoms with Crippen LogP contribution in [0, 0.1) is 5.92 Å². The molecule has 1 aliphatic heterocycles. The van der Waals surface area contributed by atoms with Crippen molar-refractivity contribution in [1.29, 1.82) is 0 Å². The average molecular weight is 317 g/mol. The zero-order chi connectivity index (χ0) is 17.0. The highest BCUT2D eigenvalue weighted by Crippen LogP contribution is 2.17. The molecule has 1 aromatic rings. The van der Waals surface area contributed by atoms with Crippen LogP contribution in [0.5, 0.6) is 0 Å². The summed E-state index contributed by atoms with van der Waals surface area (Å²) < 4.78 is 0. The second-order valence-electron chi connectivity index (χ2n) is 6.67. The minimum atomic E-state index is 0.00451. The summed E-state index contributed by atoms with van der Waals surface area (Å²) in [6.07, 6.45) is 1.64. The van der Waals surface area contributed by atoms with E-state index in [1.165, 1.54) is 0 Å². The van der Waals surface area contributed by atoms with Crippen LogP contribution in [0.2, 0.25) is 0 Å². The molecule has 1 heterocycles. The van der Waals surface area contributed by atoms with Gasteiger partial charge in [0.05, 0.1) is 0 Å². The Kier molecular flexibility index (Phi) is 5.64. The molecule has 1 N–H and O–H groups in total. The van der Waals surface area contributed by atoms with Gasteiger partial charge < -0.3 is 15.1 Å². The third kappa shape index (κ3) is 4.47. The fraction of sp³-hybridized carbons (Fsp3) is 0.556. The Balaban J connectivity index is 1.89. The molecule has 2 rings (SSSR count). The first-order valence-electron chi connectivity index (χ1n) is 8.25. The third-order valence-electron chi connectivity index (χ3n) is 4.28. The van der Waals surface area contributed by atoms with Crippen LogP contribution in [0.3, 0.4) is 0 Å². The summed E-state index contributed by atoms with van der Waals surface area (Å²) in [6.45, 7) is 5.17. The zero-order valence-electron chi connectivity index (χ0n) is 14.5. The molecule has 0 spiro atoms. The van der Waals surface area contributed by atoms with E-state index in [0.717, 1.165) is 24.1 Å². The number of carbonyl (C=O) groups is 2. The lowest BCUT2D eigenvalue weighted by atomic mass is 10.0. The quantitative estimate of drug-likeness (QED) is 0.925. The van der Waals surface area contributed by atoms with Crippen LogP contribution in [-0.2, 0) is 4.79 Å². The monoisotopic (exact) mass is 317 g/mol. The number of piperidine rings is 1. The highest BCUT2D eigenvalue weighted by atomic mass is 16.2. The summed E-state index contributed by atoms with van der Waals surface area (Å²) in [5, 5.41) is 3.06. The van der Waals surface area contributed by atoms with Crippen LogP contribution < -0.4 is 10.2 Å². The van der Waals surface area contributed by atoms with Gasteiger partial charge in [0, 0.05) is 50.4 Å². The molecule has 0 radical (unpaired) electrons. The first-order valence-corrected chi connectivity index (χ1v) is 8.25. The molecule has 1 aliphatic rings. The molecule has 0 aliphatic carbocycles. The number of carbonyl (C=O) groups excluding carboxylic acids is 2. The van der Waals surface area contributed by atoms with Crippen LogP contribution in [0.15, 0.2) is 24.3 Å². The van der Waals surface area contributed by atoms with Crippen LogP contribution >= 0.6 is 0 Å². The topological polar surface area (TPSA) is 52.7 Å². The molecule has 1 aromatic carbocycles. The van der Waals surface area contributed by atoms with E-state index in [-0.39, 0.29) is 23.8 Å². The van der Waals surface area contributed by atoms with E-state index in [0.29, 0.717) is 13.1 Å². The fourth-order valence-electron chi connectivity index (χ4n) is 2.68. The van der Waals surface area contributed by atoms with E-state index in [9.17, 15) is 9.59 Å². The second-order valence-corrected chi connectivity index (χ2v) is 6.67. The minimum Gasteiger partial charge on any atom is -0.378 e. The van der Waals surface area contributed by atoms with E-state index >= 15 is 0 Å². The van der Waals surface area contributed by atoms with Crippen molar-refractivity contribution in [3.05, 3.63) is 29.8 Å². The van der Waals surface area contributed by atoms with Crippen molar-refractivity contribution in [3.8, 4) is 0 Å². The van der Waals surface area contributed by atoms with Crippen LogP contribution in [0.1, 0.15) is 37.0 Å². The van der Waals surface area contributed by atoms with Crippen molar-refractivity contribution >= 4 is 17.5 Å². The fourth-order valence-corrected chi connectivity index (χ4v) is 2.68. The maximum absolute atomic E-state index is 12.5. The number of nitrogens with zero attached hydrogens (tertiary/aromatic N) is 2. The van der Waals surface area contributed by atoms with Gasteiger partial charge in [-0.05, 0) is 37.1 Å². The lowest BCUT2D eigenvalue weighted by Crippen LogP contribution is -2.47. The van der Waals surface area contributed by atoms with E-state index in [1.54, 1.807) is 0 Å². The molecular weight excluding hydrogens is 290 g/mol.